The highest BCUT2D eigenvalue weighted by Crippen LogP contribution is 2.43. The van der Waals surface area contributed by atoms with Gasteiger partial charge in [-0.3, -0.25) is 0 Å². The second-order valence-corrected chi connectivity index (χ2v) is 9.11. The Morgan fingerprint density at radius 2 is 1.37 bits per heavy atom. The smallest absolute Gasteiger partial charge is 0.328 e. The van der Waals surface area contributed by atoms with E-state index in [0.29, 0.717) is 0 Å². The number of carboxylic acids is 1. The number of carboxylic acid groups (broad SMARTS) is 1. The lowest BCUT2D eigenvalue weighted by Gasteiger charge is -2.38. The second-order valence-electron chi connectivity index (χ2n) is 9.11. The van der Waals surface area contributed by atoms with Gasteiger partial charge in [-0.2, -0.15) is 0 Å². The minimum absolute atomic E-state index is 0.874. The van der Waals surface area contributed by atoms with Crippen LogP contribution in [-0.2, 0) is 4.79 Å². The van der Waals surface area contributed by atoms with E-state index in [1.807, 2.05) is 6.08 Å². The number of hydrogen-bond donors (Lipinski definition) is 1. The Balaban J connectivity index is 1.53. The van der Waals surface area contributed by atoms with E-state index >= 15 is 0 Å². The molecule has 1 N–H and O–H groups in total. The lowest BCUT2D eigenvalue weighted by Crippen LogP contribution is -2.25. The van der Waals surface area contributed by atoms with Crippen LogP contribution in [0.25, 0.3) is 0 Å². The monoisotopic (exact) mass is 374 g/mol. The number of rotatable bonds is 11. The first-order valence-electron chi connectivity index (χ1n) is 11.7. The molecule has 27 heavy (non-hydrogen) atoms. The third-order valence-electron chi connectivity index (χ3n) is 7.13. The summed E-state index contributed by atoms with van der Waals surface area (Å²) < 4.78 is 0. The van der Waals surface area contributed by atoms with Gasteiger partial charge in [0.2, 0.25) is 0 Å². The van der Waals surface area contributed by atoms with Gasteiger partial charge >= 0.3 is 5.97 Å². The Morgan fingerprint density at radius 1 is 0.815 bits per heavy atom. The van der Waals surface area contributed by atoms with E-state index < -0.39 is 5.97 Å². The van der Waals surface area contributed by atoms with Crippen molar-refractivity contribution in [3.63, 3.8) is 0 Å². The molecule has 0 aliphatic heterocycles. The topological polar surface area (TPSA) is 37.3 Å². The fourth-order valence-electron chi connectivity index (χ4n) is 5.42. The quantitative estimate of drug-likeness (QED) is 0.230. The number of aliphatic carboxylic acids is 1. The first-order valence-corrected chi connectivity index (χ1v) is 11.7. The molecular formula is C25H42O2. The maximum absolute atomic E-state index is 10.4. The molecule has 0 heterocycles. The first kappa shape index (κ1) is 22.2. The highest BCUT2D eigenvalue weighted by atomic mass is 16.4. The molecule has 0 spiro atoms. The van der Waals surface area contributed by atoms with Crippen molar-refractivity contribution >= 4 is 5.97 Å². The Kier molecular flexibility index (Phi) is 10.9. The molecule has 0 aromatic rings. The fourth-order valence-corrected chi connectivity index (χ4v) is 5.42. The van der Waals surface area contributed by atoms with E-state index in [9.17, 15) is 4.79 Å². The lowest BCUT2D eigenvalue weighted by molar-refractivity contribution is -0.131. The van der Waals surface area contributed by atoms with E-state index in [1.54, 1.807) is 6.08 Å². The molecule has 0 saturated heterocycles. The molecule has 0 amide bonds. The highest BCUT2D eigenvalue weighted by Gasteiger charge is 2.30. The van der Waals surface area contributed by atoms with E-state index in [4.69, 9.17) is 5.11 Å². The third-order valence-corrected chi connectivity index (χ3v) is 7.13. The molecule has 0 atom stereocenters. The van der Waals surface area contributed by atoms with E-state index in [2.05, 4.69) is 13.0 Å². The Morgan fingerprint density at radius 3 is 1.89 bits per heavy atom. The van der Waals surface area contributed by atoms with Gasteiger partial charge in [0.1, 0.15) is 0 Å². The molecule has 0 radical (unpaired) electrons. The van der Waals surface area contributed by atoms with Crippen molar-refractivity contribution in [2.24, 2.45) is 23.7 Å². The number of carbonyl (C=O) groups is 1. The van der Waals surface area contributed by atoms with Crippen LogP contribution in [0.3, 0.4) is 0 Å². The van der Waals surface area contributed by atoms with Crippen LogP contribution in [0, 0.1) is 23.7 Å². The summed E-state index contributed by atoms with van der Waals surface area (Å²) in [6.07, 6.45) is 28.1. The summed E-state index contributed by atoms with van der Waals surface area (Å²) in [4.78, 5) is 10.4. The largest absolute Gasteiger partial charge is 0.478 e. The Bertz CT molecular complexity index is 449. The molecule has 0 bridgehead atoms. The van der Waals surface area contributed by atoms with Gasteiger partial charge in [-0.15, -0.1) is 0 Å². The average molecular weight is 375 g/mol. The molecule has 2 rings (SSSR count). The van der Waals surface area contributed by atoms with Crippen molar-refractivity contribution in [3.8, 4) is 0 Å². The van der Waals surface area contributed by atoms with Gasteiger partial charge < -0.3 is 5.11 Å². The molecule has 0 aromatic heterocycles. The highest BCUT2D eigenvalue weighted by molar-refractivity contribution is 5.80. The predicted molar refractivity (Wildman–Crippen MR) is 115 cm³/mol. The van der Waals surface area contributed by atoms with Gasteiger partial charge in [-0.25, -0.2) is 4.79 Å². The average Bonchev–Trinajstić information content (AvgIpc) is 2.68. The summed E-state index contributed by atoms with van der Waals surface area (Å²) in [7, 11) is 0. The maximum atomic E-state index is 10.4. The zero-order valence-corrected chi connectivity index (χ0v) is 17.6. The molecular weight excluding hydrogens is 332 g/mol. The van der Waals surface area contributed by atoms with Gasteiger partial charge in [0.05, 0.1) is 0 Å². The summed E-state index contributed by atoms with van der Waals surface area (Å²) in [6.45, 7) is 2.31. The van der Waals surface area contributed by atoms with E-state index in [0.717, 1.165) is 30.1 Å². The van der Waals surface area contributed by atoms with Crippen molar-refractivity contribution in [1.29, 1.82) is 0 Å². The van der Waals surface area contributed by atoms with Crippen molar-refractivity contribution in [2.75, 3.05) is 0 Å². The van der Waals surface area contributed by atoms with Crippen molar-refractivity contribution in [2.45, 2.75) is 103 Å². The van der Waals surface area contributed by atoms with Crippen molar-refractivity contribution in [3.05, 3.63) is 24.3 Å². The summed E-state index contributed by atoms with van der Waals surface area (Å²) in [6, 6.07) is 0. The van der Waals surface area contributed by atoms with E-state index in [-0.39, 0.29) is 0 Å². The zero-order chi connectivity index (χ0) is 19.3. The lowest BCUT2D eigenvalue weighted by atomic mass is 9.68. The zero-order valence-electron chi connectivity index (χ0n) is 17.6. The second kappa shape index (κ2) is 13.2. The summed E-state index contributed by atoms with van der Waals surface area (Å²) in [5.74, 6) is 3.18. The van der Waals surface area contributed by atoms with Gasteiger partial charge in [-0.05, 0) is 62.2 Å². The minimum Gasteiger partial charge on any atom is -0.478 e. The van der Waals surface area contributed by atoms with Crippen LogP contribution >= 0.6 is 0 Å². The standard InChI is InChI=1S/C25H42O2/c1-2-3-7-10-21-13-17-23(18-14-21)24-19-15-22(16-20-24)11-8-5-4-6-9-12-25(26)27/h4,6,9,12,21-24H,2-3,5,7-8,10-11,13-20H2,1H3,(H,26,27). The van der Waals surface area contributed by atoms with Crippen LogP contribution in [0.15, 0.2) is 24.3 Å². The van der Waals surface area contributed by atoms with E-state index in [1.165, 1.54) is 96.0 Å². The third kappa shape index (κ3) is 9.12. The minimum atomic E-state index is -0.874. The first-order chi connectivity index (χ1) is 13.2. The molecule has 0 unspecified atom stereocenters. The molecule has 2 aliphatic carbocycles. The molecule has 2 aliphatic rings. The van der Waals surface area contributed by atoms with Gasteiger partial charge in [0.25, 0.3) is 0 Å². The molecule has 2 heteroatoms. The maximum Gasteiger partial charge on any atom is 0.328 e. The van der Waals surface area contributed by atoms with Crippen LogP contribution in [0.2, 0.25) is 0 Å². The number of unbranched alkanes of at least 4 members (excludes halogenated alkanes) is 3. The number of hydrogen-bond acceptors (Lipinski definition) is 1. The summed E-state index contributed by atoms with van der Waals surface area (Å²) in [5, 5.41) is 8.54. The molecule has 2 fully saturated rings. The molecule has 154 valence electrons. The Hall–Kier alpha value is -1.05. The SMILES string of the molecule is CCCCCC1CCC(C2CCC(CCCC=CC=CC(=O)O)CC2)CC1. The van der Waals surface area contributed by atoms with Gasteiger partial charge in [-0.1, -0.05) is 82.9 Å². The van der Waals surface area contributed by atoms with Crippen LogP contribution in [0.4, 0.5) is 0 Å². The van der Waals surface area contributed by atoms with Crippen LogP contribution in [0.1, 0.15) is 103 Å². The van der Waals surface area contributed by atoms with Crippen LogP contribution in [-0.4, -0.2) is 11.1 Å². The Labute approximate surface area is 167 Å². The van der Waals surface area contributed by atoms with Gasteiger partial charge in [0, 0.05) is 6.08 Å². The molecule has 0 aromatic carbocycles. The fraction of sp³-hybridized carbons (Fsp3) is 0.800. The van der Waals surface area contributed by atoms with Crippen molar-refractivity contribution in [1.82, 2.24) is 0 Å². The van der Waals surface area contributed by atoms with Crippen molar-refractivity contribution < 1.29 is 9.90 Å². The number of allylic oxidation sites excluding steroid dienone is 3. The van der Waals surface area contributed by atoms with Gasteiger partial charge in [0.15, 0.2) is 0 Å². The molecule has 2 saturated carbocycles. The van der Waals surface area contributed by atoms with Crippen LogP contribution < -0.4 is 0 Å². The van der Waals surface area contributed by atoms with Crippen LogP contribution in [0.5, 0.6) is 0 Å². The predicted octanol–water partition coefficient (Wildman–Crippen LogP) is 7.55. The summed E-state index contributed by atoms with van der Waals surface area (Å²) in [5.41, 5.74) is 0. The molecule has 2 nitrogen and oxygen atoms in total. The summed E-state index contributed by atoms with van der Waals surface area (Å²) >= 11 is 0. The normalized spacial score (nSPS) is 29.5.